The Balaban J connectivity index is 2.15. The van der Waals surface area contributed by atoms with Gasteiger partial charge in [0.1, 0.15) is 5.60 Å². The van der Waals surface area contributed by atoms with Crippen molar-refractivity contribution in [2.75, 3.05) is 20.2 Å². The second kappa shape index (κ2) is 6.07. The van der Waals surface area contributed by atoms with E-state index >= 15 is 0 Å². The first kappa shape index (κ1) is 17.1. The molecule has 0 bridgehead atoms. The quantitative estimate of drug-likeness (QED) is 0.749. The van der Waals surface area contributed by atoms with E-state index in [0.717, 1.165) is 19.3 Å². The van der Waals surface area contributed by atoms with Crippen LogP contribution in [0.5, 0.6) is 0 Å². The highest BCUT2D eigenvalue weighted by atomic mass is 16.6. The van der Waals surface area contributed by atoms with Crippen molar-refractivity contribution in [3.05, 3.63) is 0 Å². The molecule has 1 saturated carbocycles. The minimum absolute atomic E-state index is 0.350. The Bertz CT molecular complexity index is 440. The van der Waals surface area contributed by atoms with Crippen molar-refractivity contribution in [3.63, 3.8) is 0 Å². The third kappa shape index (κ3) is 3.37. The molecule has 6 heteroatoms. The van der Waals surface area contributed by atoms with Crippen LogP contribution in [-0.4, -0.2) is 54.0 Å². The third-order valence-corrected chi connectivity index (χ3v) is 4.70. The number of carbonyl (C=O) groups excluding carboxylic acids is 2. The summed E-state index contributed by atoms with van der Waals surface area (Å²) in [6.07, 6.45) is 1.89. The Hall–Kier alpha value is -1.30. The zero-order valence-corrected chi connectivity index (χ0v) is 13.9. The highest BCUT2D eigenvalue weighted by Crippen LogP contribution is 2.49. The molecule has 1 heterocycles. The number of rotatable bonds is 1. The number of piperidine rings is 1. The number of methoxy groups -OCH3 is 1. The van der Waals surface area contributed by atoms with E-state index in [1.165, 1.54) is 7.11 Å². The van der Waals surface area contributed by atoms with Gasteiger partial charge >= 0.3 is 12.1 Å². The highest BCUT2D eigenvalue weighted by molar-refractivity contribution is 5.75. The maximum atomic E-state index is 12.3. The van der Waals surface area contributed by atoms with Crippen LogP contribution in [0.2, 0.25) is 0 Å². The maximum absolute atomic E-state index is 12.3. The fraction of sp³-hybridized carbons (Fsp3) is 0.875. The largest absolute Gasteiger partial charge is 0.469 e. The fourth-order valence-corrected chi connectivity index (χ4v) is 3.80. The molecule has 1 amide bonds. The summed E-state index contributed by atoms with van der Waals surface area (Å²) in [5.41, 5.74) is -0.930. The molecule has 1 saturated heterocycles. The molecule has 126 valence electrons. The summed E-state index contributed by atoms with van der Waals surface area (Å²) in [5, 5.41) is 10.2. The number of nitrogens with zero attached hydrogens (tertiary/aromatic N) is 1. The maximum Gasteiger partial charge on any atom is 0.410 e. The number of amides is 1. The molecule has 3 unspecified atom stereocenters. The fourth-order valence-electron chi connectivity index (χ4n) is 3.80. The summed E-state index contributed by atoms with van der Waals surface area (Å²) >= 11 is 0. The number of aliphatic hydroxyl groups excluding tert-OH is 1. The monoisotopic (exact) mass is 313 g/mol. The predicted octanol–water partition coefficient (Wildman–Crippen LogP) is 1.95. The van der Waals surface area contributed by atoms with Crippen molar-refractivity contribution < 1.29 is 24.2 Å². The van der Waals surface area contributed by atoms with E-state index in [0.29, 0.717) is 19.5 Å². The SMILES string of the molecule is COC(=O)C1C(O)CCC12CCCN(C(=O)OC(C)(C)C)C2. The van der Waals surface area contributed by atoms with Crippen LogP contribution in [0.15, 0.2) is 0 Å². The van der Waals surface area contributed by atoms with E-state index < -0.39 is 17.6 Å². The average molecular weight is 313 g/mol. The summed E-state index contributed by atoms with van der Waals surface area (Å²) in [6, 6.07) is 0. The number of carbonyl (C=O) groups is 2. The Morgan fingerprint density at radius 3 is 2.55 bits per heavy atom. The van der Waals surface area contributed by atoms with Gasteiger partial charge in [-0.05, 0) is 46.5 Å². The molecule has 2 aliphatic rings. The van der Waals surface area contributed by atoms with Crippen LogP contribution in [0.25, 0.3) is 0 Å². The number of aliphatic hydroxyl groups is 1. The molecule has 1 spiro atoms. The van der Waals surface area contributed by atoms with Crippen molar-refractivity contribution in [2.45, 2.75) is 58.2 Å². The van der Waals surface area contributed by atoms with E-state index in [1.54, 1.807) is 4.90 Å². The highest BCUT2D eigenvalue weighted by Gasteiger charge is 2.54. The van der Waals surface area contributed by atoms with E-state index in [1.807, 2.05) is 20.8 Å². The third-order valence-electron chi connectivity index (χ3n) is 4.70. The van der Waals surface area contributed by atoms with Crippen molar-refractivity contribution in [1.82, 2.24) is 4.90 Å². The molecular weight excluding hydrogens is 286 g/mol. The first-order chi connectivity index (χ1) is 10.2. The first-order valence-electron chi connectivity index (χ1n) is 7.92. The van der Waals surface area contributed by atoms with Crippen LogP contribution in [0.4, 0.5) is 4.79 Å². The standard InChI is InChI=1S/C16H27NO5/c1-15(2,3)22-14(20)17-9-5-7-16(10-17)8-6-11(18)12(16)13(19)21-4/h11-12,18H,5-10H2,1-4H3. The second-order valence-electron chi connectivity index (χ2n) is 7.47. The van der Waals surface area contributed by atoms with Gasteiger partial charge in [-0.25, -0.2) is 4.79 Å². The Morgan fingerprint density at radius 2 is 1.95 bits per heavy atom. The van der Waals surface area contributed by atoms with Crippen LogP contribution in [-0.2, 0) is 14.3 Å². The van der Waals surface area contributed by atoms with Gasteiger partial charge in [0.15, 0.2) is 0 Å². The molecule has 0 radical (unpaired) electrons. The van der Waals surface area contributed by atoms with Crippen LogP contribution in [0, 0.1) is 11.3 Å². The van der Waals surface area contributed by atoms with Gasteiger partial charge in [-0.15, -0.1) is 0 Å². The lowest BCUT2D eigenvalue weighted by Crippen LogP contribution is -2.51. The van der Waals surface area contributed by atoms with E-state index in [-0.39, 0.29) is 17.5 Å². The second-order valence-corrected chi connectivity index (χ2v) is 7.47. The summed E-state index contributed by atoms with van der Waals surface area (Å²) in [4.78, 5) is 26.1. The van der Waals surface area contributed by atoms with Gasteiger partial charge in [0, 0.05) is 18.5 Å². The molecule has 2 rings (SSSR count). The van der Waals surface area contributed by atoms with E-state index in [2.05, 4.69) is 0 Å². The van der Waals surface area contributed by atoms with Gasteiger partial charge in [-0.1, -0.05) is 0 Å². The van der Waals surface area contributed by atoms with Crippen molar-refractivity contribution in [3.8, 4) is 0 Å². The Labute approximate surface area is 131 Å². The summed E-state index contributed by atoms with van der Waals surface area (Å²) in [5.74, 6) is -0.932. The van der Waals surface area contributed by atoms with Crippen LogP contribution >= 0.6 is 0 Å². The molecular formula is C16H27NO5. The van der Waals surface area contributed by atoms with Crippen molar-refractivity contribution >= 4 is 12.1 Å². The Morgan fingerprint density at radius 1 is 1.27 bits per heavy atom. The predicted molar refractivity (Wildman–Crippen MR) is 80.2 cm³/mol. The van der Waals surface area contributed by atoms with Crippen molar-refractivity contribution in [2.24, 2.45) is 11.3 Å². The molecule has 22 heavy (non-hydrogen) atoms. The Kier molecular flexibility index (Phi) is 4.70. The van der Waals surface area contributed by atoms with Gasteiger partial charge in [0.25, 0.3) is 0 Å². The lowest BCUT2D eigenvalue weighted by Gasteiger charge is -2.43. The average Bonchev–Trinajstić information content (AvgIpc) is 2.73. The van der Waals surface area contributed by atoms with Gasteiger partial charge in [-0.2, -0.15) is 0 Å². The number of hydrogen-bond donors (Lipinski definition) is 1. The lowest BCUT2D eigenvalue weighted by molar-refractivity contribution is -0.155. The molecule has 2 fully saturated rings. The topological polar surface area (TPSA) is 76.1 Å². The number of ether oxygens (including phenoxy) is 2. The molecule has 0 aromatic rings. The zero-order chi connectivity index (χ0) is 16.5. The molecule has 3 atom stereocenters. The van der Waals surface area contributed by atoms with Crippen LogP contribution < -0.4 is 0 Å². The molecule has 1 aliphatic heterocycles. The first-order valence-corrected chi connectivity index (χ1v) is 7.92. The van der Waals surface area contributed by atoms with Gasteiger partial charge in [-0.3, -0.25) is 4.79 Å². The lowest BCUT2D eigenvalue weighted by atomic mass is 9.71. The molecule has 0 aromatic heterocycles. The minimum Gasteiger partial charge on any atom is -0.469 e. The number of likely N-dealkylation sites (tertiary alicyclic amines) is 1. The zero-order valence-electron chi connectivity index (χ0n) is 13.9. The summed E-state index contributed by atoms with van der Waals surface area (Å²) in [6.45, 7) is 6.57. The smallest absolute Gasteiger partial charge is 0.410 e. The molecule has 0 aromatic carbocycles. The number of esters is 1. The van der Waals surface area contributed by atoms with Gasteiger partial charge in [0.2, 0.25) is 0 Å². The normalized spacial score (nSPS) is 32.1. The van der Waals surface area contributed by atoms with Gasteiger partial charge < -0.3 is 19.5 Å². The summed E-state index contributed by atoms with van der Waals surface area (Å²) < 4.78 is 10.3. The van der Waals surface area contributed by atoms with Crippen molar-refractivity contribution in [1.29, 1.82) is 0 Å². The van der Waals surface area contributed by atoms with Crippen LogP contribution in [0.1, 0.15) is 46.5 Å². The minimum atomic E-state index is -0.689. The summed E-state index contributed by atoms with van der Waals surface area (Å²) in [7, 11) is 1.34. The van der Waals surface area contributed by atoms with Gasteiger partial charge in [0.05, 0.1) is 19.1 Å². The number of hydrogen-bond acceptors (Lipinski definition) is 5. The van der Waals surface area contributed by atoms with Crippen LogP contribution in [0.3, 0.4) is 0 Å². The van der Waals surface area contributed by atoms with E-state index in [9.17, 15) is 14.7 Å². The molecule has 1 aliphatic carbocycles. The molecule has 1 N–H and O–H groups in total. The van der Waals surface area contributed by atoms with E-state index in [4.69, 9.17) is 9.47 Å². The molecule has 6 nitrogen and oxygen atoms in total.